The van der Waals surface area contributed by atoms with Crippen molar-refractivity contribution in [1.29, 1.82) is 0 Å². The number of aliphatic hydroxyl groups is 1. The van der Waals surface area contributed by atoms with Crippen LogP contribution in [-0.4, -0.2) is 22.8 Å². The van der Waals surface area contributed by atoms with Crippen molar-refractivity contribution in [2.45, 2.75) is 45.8 Å². The van der Waals surface area contributed by atoms with Crippen LogP contribution in [0.5, 0.6) is 0 Å². The van der Waals surface area contributed by atoms with Gasteiger partial charge < -0.3 is 14.4 Å². The molecule has 0 radical (unpaired) electrons. The Kier molecular flexibility index (Phi) is 3.48. The lowest BCUT2D eigenvalue weighted by atomic mass is 9.92. The maximum absolute atomic E-state index is 11.7. The zero-order valence-electron chi connectivity index (χ0n) is 11.3. The van der Waals surface area contributed by atoms with Crippen LogP contribution in [0.25, 0.3) is 0 Å². The molecule has 1 atom stereocenters. The summed E-state index contributed by atoms with van der Waals surface area (Å²) in [5.74, 6) is -0.207. The van der Waals surface area contributed by atoms with Crippen molar-refractivity contribution >= 4 is 5.97 Å². The zero-order chi connectivity index (χ0) is 13.3. The van der Waals surface area contributed by atoms with Crippen molar-refractivity contribution in [2.24, 2.45) is 5.41 Å². The lowest BCUT2D eigenvalue weighted by Gasteiger charge is -2.26. The summed E-state index contributed by atoms with van der Waals surface area (Å²) in [7, 11) is 1.42. The normalized spacial score (nSPS) is 19.4. The number of carbonyl (C=O) groups excluding carboxylic acids is 1. The standard InChI is InChI=1S/C14H21NO3/c1-14(2,13(17)18-3)9-15-8-7-10-11(15)5-4-6-12(10)16/h7-8,12,16H,4-6,9H2,1-3H3. The lowest BCUT2D eigenvalue weighted by molar-refractivity contribution is -0.151. The Morgan fingerprint density at radius 1 is 1.61 bits per heavy atom. The molecule has 4 nitrogen and oxygen atoms in total. The number of rotatable bonds is 3. The molecule has 0 spiro atoms. The second-order valence-electron chi connectivity index (χ2n) is 5.63. The molecule has 0 aromatic carbocycles. The van der Waals surface area contributed by atoms with E-state index in [9.17, 15) is 9.90 Å². The van der Waals surface area contributed by atoms with Gasteiger partial charge in [0.25, 0.3) is 0 Å². The molecule has 0 saturated carbocycles. The highest BCUT2D eigenvalue weighted by Gasteiger charge is 2.31. The number of esters is 1. The topological polar surface area (TPSA) is 51.5 Å². The molecule has 1 heterocycles. The van der Waals surface area contributed by atoms with E-state index in [4.69, 9.17) is 4.74 Å². The Morgan fingerprint density at radius 2 is 2.33 bits per heavy atom. The maximum Gasteiger partial charge on any atom is 0.313 e. The van der Waals surface area contributed by atoms with Gasteiger partial charge in [0.1, 0.15) is 0 Å². The molecule has 0 saturated heterocycles. The minimum absolute atomic E-state index is 0.207. The molecule has 0 bridgehead atoms. The van der Waals surface area contributed by atoms with E-state index >= 15 is 0 Å². The van der Waals surface area contributed by atoms with Gasteiger partial charge in [-0.3, -0.25) is 4.79 Å². The van der Waals surface area contributed by atoms with E-state index in [1.54, 1.807) is 0 Å². The van der Waals surface area contributed by atoms with Crippen LogP contribution in [0.2, 0.25) is 0 Å². The minimum Gasteiger partial charge on any atom is -0.469 e. The molecule has 100 valence electrons. The summed E-state index contributed by atoms with van der Waals surface area (Å²) < 4.78 is 6.91. The first-order chi connectivity index (χ1) is 8.45. The van der Waals surface area contributed by atoms with E-state index in [1.165, 1.54) is 7.11 Å². The second-order valence-corrected chi connectivity index (χ2v) is 5.63. The molecule has 0 amide bonds. The van der Waals surface area contributed by atoms with Gasteiger partial charge in [0, 0.05) is 24.0 Å². The van der Waals surface area contributed by atoms with E-state index in [1.807, 2.05) is 26.1 Å². The molecule has 1 aliphatic carbocycles. The molecular formula is C14H21NO3. The van der Waals surface area contributed by atoms with Crippen LogP contribution in [0.4, 0.5) is 0 Å². The molecule has 1 unspecified atom stereocenters. The molecular weight excluding hydrogens is 230 g/mol. The van der Waals surface area contributed by atoms with Crippen molar-refractivity contribution < 1.29 is 14.6 Å². The predicted molar refractivity (Wildman–Crippen MR) is 68.1 cm³/mol. The molecule has 1 aliphatic rings. The number of fused-ring (bicyclic) bond motifs is 1. The van der Waals surface area contributed by atoms with Crippen LogP contribution in [0.1, 0.15) is 44.1 Å². The van der Waals surface area contributed by atoms with E-state index in [0.29, 0.717) is 6.54 Å². The molecule has 0 aliphatic heterocycles. The minimum atomic E-state index is -0.552. The van der Waals surface area contributed by atoms with Gasteiger partial charge in [0.05, 0.1) is 18.6 Å². The SMILES string of the molecule is COC(=O)C(C)(C)Cn1ccc2c1CCCC2O. The van der Waals surface area contributed by atoms with Gasteiger partial charge in [0.15, 0.2) is 0 Å². The Balaban J connectivity index is 2.23. The van der Waals surface area contributed by atoms with Crippen LogP contribution in [0.3, 0.4) is 0 Å². The Labute approximate surface area is 108 Å². The summed E-state index contributed by atoms with van der Waals surface area (Å²) >= 11 is 0. The molecule has 1 aromatic heterocycles. The average molecular weight is 251 g/mol. The van der Waals surface area contributed by atoms with Gasteiger partial charge in [-0.05, 0) is 39.2 Å². The van der Waals surface area contributed by atoms with E-state index in [-0.39, 0.29) is 12.1 Å². The van der Waals surface area contributed by atoms with Gasteiger partial charge in [-0.1, -0.05) is 0 Å². The summed E-state index contributed by atoms with van der Waals surface area (Å²) in [6, 6.07) is 1.96. The van der Waals surface area contributed by atoms with Gasteiger partial charge in [0.2, 0.25) is 0 Å². The Bertz CT molecular complexity index is 448. The summed E-state index contributed by atoms with van der Waals surface area (Å²) in [5.41, 5.74) is 1.62. The smallest absolute Gasteiger partial charge is 0.313 e. The van der Waals surface area contributed by atoms with E-state index < -0.39 is 5.41 Å². The first kappa shape index (κ1) is 13.1. The number of hydrogen-bond donors (Lipinski definition) is 1. The fourth-order valence-corrected chi connectivity index (χ4v) is 2.65. The molecule has 0 fully saturated rings. The number of hydrogen-bond acceptors (Lipinski definition) is 3. The highest BCUT2D eigenvalue weighted by atomic mass is 16.5. The van der Waals surface area contributed by atoms with Crippen LogP contribution >= 0.6 is 0 Å². The van der Waals surface area contributed by atoms with Crippen LogP contribution in [0, 0.1) is 5.41 Å². The van der Waals surface area contributed by atoms with Crippen LogP contribution in [0.15, 0.2) is 12.3 Å². The molecule has 1 aromatic rings. The van der Waals surface area contributed by atoms with Crippen molar-refractivity contribution in [3.8, 4) is 0 Å². The fraction of sp³-hybridized carbons (Fsp3) is 0.643. The lowest BCUT2D eigenvalue weighted by Crippen LogP contribution is -2.31. The monoisotopic (exact) mass is 251 g/mol. The highest BCUT2D eigenvalue weighted by Crippen LogP contribution is 2.32. The number of nitrogens with zero attached hydrogens (tertiary/aromatic N) is 1. The second kappa shape index (κ2) is 4.76. The summed E-state index contributed by atoms with van der Waals surface area (Å²) in [5, 5.41) is 9.92. The van der Waals surface area contributed by atoms with Gasteiger partial charge in [-0.15, -0.1) is 0 Å². The van der Waals surface area contributed by atoms with Crippen molar-refractivity contribution in [3.05, 3.63) is 23.5 Å². The van der Waals surface area contributed by atoms with Crippen molar-refractivity contribution in [1.82, 2.24) is 4.57 Å². The van der Waals surface area contributed by atoms with Gasteiger partial charge >= 0.3 is 5.97 Å². The number of methoxy groups -OCH3 is 1. The predicted octanol–water partition coefficient (Wildman–Crippen LogP) is 2.06. The molecule has 4 heteroatoms. The molecule has 1 N–H and O–H groups in total. The average Bonchev–Trinajstić information content (AvgIpc) is 2.72. The highest BCUT2D eigenvalue weighted by molar-refractivity contribution is 5.75. The van der Waals surface area contributed by atoms with Gasteiger partial charge in [-0.2, -0.15) is 0 Å². The third kappa shape index (κ3) is 2.29. The molecule has 18 heavy (non-hydrogen) atoms. The third-order valence-electron chi connectivity index (χ3n) is 3.67. The zero-order valence-corrected chi connectivity index (χ0v) is 11.3. The van der Waals surface area contributed by atoms with Crippen LogP contribution in [-0.2, 0) is 22.5 Å². The Morgan fingerprint density at radius 3 is 3.00 bits per heavy atom. The molecule has 2 rings (SSSR count). The van der Waals surface area contributed by atoms with Crippen LogP contribution < -0.4 is 0 Å². The largest absolute Gasteiger partial charge is 0.469 e. The summed E-state index contributed by atoms with van der Waals surface area (Å²) in [4.78, 5) is 11.7. The number of aliphatic hydroxyl groups excluding tert-OH is 1. The van der Waals surface area contributed by atoms with E-state index in [2.05, 4.69) is 4.57 Å². The van der Waals surface area contributed by atoms with Crippen molar-refractivity contribution in [2.75, 3.05) is 7.11 Å². The number of ether oxygens (including phenoxy) is 1. The third-order valence-corrected chi connectivity index (χ3v) is 3.67. The Hall–Kier alpha value is -1.29. The van der Waals surface area contributed by atoms with E-state index in [0.717, 1.165) is 30.5 Å². The quantitative estimate of drug-likeness (QED) is 0.837. The summed E-state index contributed by atoms with van der Waals surface area (Å²) in [6.07, 6.45) is 4.41. The fourth-order valence-electron chi connectivity index (χ4n) is 2.65. The first-order valence-corrected chi connectivity index (χ1v) is 6.40. The first-order valence-electron chi connectivity index (χ1n) is 6.40. The number of aromatic nitrogens is 1. The van der Waals surface area contributed by atoms with Crippen molar-refractivity contribution in [3.63, 3.8) is 0 Å². The van der Waals surface area contributed by atoms with Gasteiger partial charge in [-0.25, -0.2) is 0 Å². The summed E-state index contributed by atoms with van der Waals surface area (Å²) in [6.45, 7) is 4.34. The maximum atomic E-state index is 11.7. The number of carbonyl (C=O) groups is 1.